The maximum atomic E-state index is 12.9. The molecule has 0 spiro atoms. The molecule has 3 rings (SSSR count). The smallest absolute Gasteiger partial charge is 0.283 e. The van der Waals surface area contributed by atoms with Crippen LogP contribution in [0.2, 0.25) is 0 Å². The van der Waals surface area contributed by atoms with E-state index in [-0.39, 0.29) is 11.3 Å². The van der Waals surface area contributed by atoms with Crippen LogP contribution >= 0.6 is 23.1 Å². The molecule has 0 aliphatic carbocycles. The molecule has 0 fully saturated rings. The number of methoxy groups -OCH3 is 2. The number of fused-ring (bicyclic) bond motifs is 1. The van der Waals surface area contributed by atoms with Crippen molar-refractivity contribution in [2.75, 3.05) is 26.2 Å². The highest BCUT2D eigenvalue weighted by atomic mass is 32.2. The van der Waals surface area contributed by atoms with Crippen LogP contribution in [0.4, 0.5) is 5.69 Å². The molecule has 0 aliphatic heterocycles. The Morgan fingerprint density at radius 2 is 2.07 bits per heavy atom. The van der Waals surface area contributed by atoms with Crippen LogP contribution < -0.4 is 14.3 Å². The number of nitro groups is 1. The molecule has 0 aliphatic rings. The molecular formula is C19H19N3O5S2. The first-order valence-electron chi connectivity index (χ1n) is 8.57. The number of thioether (sulfide) groups is 1. The van der Waals surface area contributed by atoms with Gasteiger partial charge < -0.3 is 14.0 Å². The Labute approximate surface area is 174 Å². The van der Waals surface area contributed by atoms with Gasteiger partial charge in [0.1, 0.15) is 0 Å². The number of amides is 1. The highest BCUT2D eigenvalue weighted by Gasteiger charge is 2.17. The third-order valence-electron chi connectivity index (χ3n) is 4.23. The molecule has 0 saturated carbocycles. The molecular weight excluding hydrogens is 414 g/mol. The SMILES string of the molecule is COc1cccc(C(=O)N=c2sc3cc([N+](=O)[O-])ccc3n2CCSC)c1OC. The van der Waals surface area contributed by atoms with Crippen LogP contribution in [-0.2, 0) is 6.54 Å². The molecule has 0 bridgehead atoms. The van der Waals surface area contributed by atoms with E-state index in [9.17, 15) is 14.9 Å². The third-order valence-corrected chi connectivity index (χ3v) is 5.86. The van der Waals surface area contributed by atoms with E-state index in [1.165, 1.54) is 37.7 Å². The van der Waals surface area contributed by atoms with Gasteiger partial charge in [-0.15, -0.1) is 0 Å². The lowest BCUT2D eigenvalue weighted by atomic mass is 10.2. The van der Waals surface area contributed by atoms with Crippen molar-refractivity contribution in [2.45, 2.75) is 6.54 Å². The minimum atomic E-state index is -0.472. The fourth-order valence-electron chi connectivity index (χ4n) is 2.86. The fourth-order valence-corrected chi connectivity index (χ4v) is 4.31. The summed E-state index contributed by atoms with van der Waals surface area (Å²) in [6, 6.07) is 9.68. The van der Waals surface area contributed by atoms with Crippen molar-refractivity contribution in [2.24, 2.45) is 4.99 Å². The van der Waals surface area contributed by atoms with Gasteiger partial charge in [0.2, 0.25) is 0 Å². The van der Waals surface area contributed by atoms with Crippen molar-refractivity contribution in [3.05, 3.63) is 56.9 Å². The average molecular weight is 434 g/mol. The van der Waals surface area contributed by atoms with E-state index in [1.54, 1.807) is 36.0 Å². The van der Waals surface area contributed by atoms with E-state index in [2.05, 4.69) is 4.99 Å². The number of non-ortho nitro benzene ring substituents is 1. The van der Waals surface area contributed by atoms with E-state index in [1.807, 2.05) is 10.8 Å². The van der Waals surface area contributed by atoms with Gasteiger partial charge in [-0.1, -0.05) is 17.4 Å². The second kappa shape index (κ2) is 9.10. The second-order valence-corrected chi connectivity index (χ2v) is 7.89. The summed E-state index contributed by atoms with van der Waals surface area (Å²) in [5.74, 6) is 1.10. The summed E-state index contributed by atoms with van der Waals surface area (Å²) in [7, 11) is 2.96. The van der Waals surface area contributed by atoms with Gasteiger partial charge in [0, 0.05) is 24.4 Å². The molecule has 0 radical (unpaired) electrons. The quantitative estimate of drug-likeness (QED) is 0.416. The van der Waals surface area contributed by atoms with Crippen molar-refractivity contribution >= 4 is 44.9 Å². The number of carbonyl (C=O) groups excluding carboxylic acids is 1. The minimum absolute atomic E-state index is 0.00288. The second-order valence-electron chi connectivity index (χ2n) is 5.90. The Kier molecular flexibility index (Phi) is 6.55. The normalized spacial score (nSPS) is 11.6. The molecule has 0 atom stereocenters. The molecule has 1 heterocycles. The molecule has 152 valence electrons. The molecule has 29 heavy (non-hydrogen) atoms. The number of rotatable bonds is 7. The highest BCUT2D eigenvalue weighted by Crippen LogP contribution is 2.31. The monoisotopic (exact) mass is 433 g/mol. The summed E-state index contributed by atoms with van der Waals surface area (Å²) in [5, 5.41) is 11.1. The molecule has 0 N–H and O–H groups in total. The number of hydrogen-bond acceptors (Lipinski definition) is 7. The summed E-state index contributed by atoms with van der Waals surface area (Å²) < 4.78 is 13.2. The predicted molar refractivity (Wildman–Crippen MR) is 114 cm³/mol. The zero-order chi connectivity index (χ0) is 21.0. The molecule has 10 heteroatoms. The van der Waals surface area contributed by atoms with Crippen LogP contribution in [0.3, 0.4) is 0 Å². The van der Waals surface area contributed by atoms with Crippen LogP contribution in [-0.4, -0.2) is 41.6 Å². The highest BCUT2D eigenvalue weighted by molar-refractivity contribution is 7.98. The summed E-state index contributed by atoms with van der Waals surface area (Å²) in [6.07, 6.45) is 1.99. The Bertz CT molecular complexity index is 1140. The van der Waals surface area contributed by atoms with E-state index in [0.717, 1.165) is 11.3 Å². The molecule has 1 amide bonds. The zero-order valence-corrected chi connectivity index (χ0v) is 17.7. The summed E-state index contributed by atoms with van der Waals surface area (Å²) in [4.78, 5) is 28.4. The Balaban J connectivity index is 2.16. The van der Waals surface area contributed by atoms with Crippen molar-refractivity contribution in [3.63, 3.8) is 0 Å². The number of para-hydroxylation sites is 1. The average Bonchev–Trinajstić information content (AvgIpc) is 3.07. The first kappa shape index (κ1) is 20.9. The van der Waals surface area contributed by atoms with Gasteiger partial charge in [0.05, 0.1) is 34.9 Å². The molecule has 1 aromatic heterocycles. The van der Waals surface area contributed by atoms with E-state index >= 15 is 0 Å². The molecule has 0 unspecified atom stereocenters. The van der Waals surface area contributed by atoms with Gasteiger partial charge in [0.25, 0.3) is 11.6 Å². The Morgan fingerprint density at radius 1 is 1.28 bits per heavy atom. The fraction of sp³-hybridized carbons (Fsp3) is 0.263. The van der Waals surface area contributed by atoms with Crippen LogP contribution in [0.15, 0.2) is 41.4 Å². The number of benzene rings is 2. The standard InChI is InChI=1S/C19H19N3O5S2/c1-26-15-6-4-5-13(17(15)27-2)18(23)20-19-21(9-10-28-3)14-8-7-12(22(24)25)11-16(14)29-19/h4-8,11H,9-10H2,1-3H3. The third kappa shape index (κ3) is 4.28. The lowest BCUT2D eigenvalue weighted by molar-refractivity contribution is -0.384. The van der Waals surface area contributed by atoms with E-state index in [0.29, 0.717) is 27.5 Å². The first-order valence-corrected chi connectivity index (χ1v) is 10.8. The lowest BCUT2D eigenvalue weighted by Crippen LogP contribution is -2.18. The predicted octanol–water partition coefficient (Wildman–Crippen LogP) is 3.73. The maximum absolute atomic E-state index is 12.9. The van der Waals surface area contributed by atoms with Gasteiger partial charge >= 0.3 is 0 Å². The number of nitro benzene ring substituents is 1. The van der Waals surface area contributed by atoms with Crippen LogP contribution in [0.5, 0.6) is 11.5 Å². The number of carbonyl (C=O) groups is 1. The van der Waals surface area contributed by atoms with Crippen molar-refractivity contribution in [3.8, 4) is 11.5 Å². The number of aromatic nitrogens is 1. The van der Waals surface area contributed by atoms with Crippen molar-refractivity contribution in [1.29, 1.82) is 0 Å². The number of aryl methyl sites for hydroxylation is 1. The van der Waals surface area contributed by atoms with Crippen LogP contribution in [0, 0.1) is 10.1 Å². The van der Waals surface area contributed by atoms with Gasteiger partial charge in [-0.3, -0.25) is 14.9 Å². The summed E-state index contributed by atoms with van der Waals surface area (Å²) >= 11 is 2.91. The van der Waals surface area contributed by atoms with Gasteiger partial charge in [-0.25, -0.2) is 0 Å². The zero-order valence-electron chi connectivity index (χ0n) is 16.1. The summed E-state index contributed by atoms with van der Waals surface area (Å²) in [6.45, 7) is 0.625. The maximum Gasteiger partial charge on any atom is 0.283 e. The van der Waals surface area contributed by atoms with Gasteiger partial charge in [-0.05, 0) is 24.5 Å². The van der Waals surface area contributed by atoms with Crippen molar-refractivity contribution < 1.29 is 19.2 Å². The van der Waals surface area contributed by atoms with Gasteiger partial charge in [0.15, 0.2) is 16.3 Å². The number of ether oxygens (including phenoxy) is 2. The number of thiazole rings is 1. The molecule has 3 aromatic rings. The Morgan fingerprint density at radius 3 is 2.72 bits per heavy atom. The topological polar surface area (TPSA) is 96.0 Å². The molecule has 0 saturated heterocycles. The number of nitrogens with zero attached hydrogens (tertiary/aromatic N) is 3. The first-order chi connectivity index (χ1) is 14.0. The van der Waals surface area contributed by atoms with E-state index < -0.39 is 10.8 Å². The van der Waals surface area contributed by atoms with Gasteiger partial charge in [-0.2, -0.15) is 16.8 Å². The Hall–Kier alpha value is -2.85. The van der Waals surface area contributed by atoms with Crippen LogP contribution in [0.1, 0.15) is 10.4 Å². The van der Waals surface area contributed by atoms with Crippen molar-refractivity contribution in [1.82, 2.24) is 4.57 Å². The number of hydrogen-bond donors (Lipinski definition) is 0. The lowest BCUT2D eigenvalue weighted by Gasteiger charge is -2.10. The van der Waals surface area contributed by atoms with Crippen LogP contribution in [0.25, 0.3) is 10.2 Å². The molecule has 2 aromatic carbocycles. The summed E-state index contributed by atoms with van der Waals surface area (Å²) in [5.41, 5.74) is 1.09. The minimum Gasteiger partial charge on any atom is -0.493 e. The van der Waals surface area contributed by atoms with E-state index in [4.69, 9.17) is 9.47 Å². The molecule has 8 nitrogen and oxygen atoms in total. The largest absolute Gasteiger partial charge is 0.493 e.